The molecule has 0 aliphatic heterocycles. The number of benzene rings is 1. The number of aromatic nitrogens is 2. The number of rotatable bonds is 3. The second-order valence-corrected chi connectivity index (χ2v) is 5.16. The molecule has 7 heteroatoms. The zero-order chi connectivity index (χ0) is 15.4. The van der Waals surface area contributed by atoms with Crippen molar-refractivity contribution in [3.05, 3.63) is 59.4 Å². The van der Waals surface area contributed by atoms with Crippen molar-refractivity contribution >= 4 is 33.2 Å². The molecule has 0 N–H and O–H groups in total. The monoisotopic (exact) mass is 308 g/mol. The highest BCUT2D eigenvalue weighted by Crippen LogP contribution is 2.22. The molecule has 3 aromatic rings. The van der Waals surface area contributed by atoms with Gasteiger partial charge < -0.3 is 4.84 Å². The van der Waals surface area contributed by atoms with Crippen molar-refractivity contribution in [2.24, 2.45) is 5.16 Å². The van der Waals surface area contributed by atoms with Crippen LogP contribution in [-0.4, -0.2) is 21.6 Å². The molecule has 1 aromatic carbocycles. The molecular weight excluding hydrogens is 300 g/mol. The highest BCUT2D eigenvalue weighted by atomic mass is 32.1. The lowest BCUT2D eigenvalue weighted by Crippen LogP contribution is -2.06. The molecule has 22 heavy (non-hydrogen) atoms. The van der Waals surface area contributed by atoms with E-state index in [2.05, 4.69) is 15.1 Å². The summed E-state index contributed by atoms with van der Waals surface area (Å²) in [6.45, 7) is 0. The summed E-state index contributed by atoms with van der Waals surface area (Å²) in [6, 6.07) is 14.2. The van der Waals surface area contributed by atoms with Crippen molar-refractivity contribution < 1.29 is 9.63 Å². The molecule has 0 unspecified atom stereocenters. The Morgan fingerprint density at radius 3 is 2.77 bits per heavy atom. The maximum absolute atomic E-state index is 11.8. The number of para-hydroxylation sites is 1. The third-order valence-electron chi connectivity index (χ3n) is 2.70. The van der Waals surface area contributed by atoms with Crippen molar-refractivity contribution in [2.75, 3.05) is 0 Å². The summed E-state index contributed by atoms with van der Waals surface area (Å²) in [4.78, 5) is 24.7. The molecule has 0 atom stereocenters. The van der Waals surface area contributed by atoms with Gasteiger partial charge in [0.2, 0.25) is 5.71 Å². The van der Waals surface area contributed by atoms with Crippen LogP contribution in [0.1, 0.15) is 15.5 Å². The third-order valence-corrected chi connectivity index (χ3v) is 3.74. The van der Waals surface area contributed by atoms with Crippen molar-refractivity contribution in [1.82, 2.24) is 9.97 Å². The molecular formula is C15H8N4O2S. The molecule has 0 amide bonds. The minimum atomic E-state index is -0.727. The Morgan fingerprint density at radius 2 is 2.05 bits per heavy atom. The van der Waals surface area contributed by atoms with Gasteiger partial charge in [-0.1, -0.05) is 23.4 Å². The predicted molar refractivity (Wildman–Crippen MR) is 81.4 cm³/mol. The number of fused-ring (bicyclic) bond motifs is 1. The fraction of sp³-hybridized carbons (Fsp3) is 0. The van der Waals surface area contributed by atoms with Gasteiger partial charge in [0, 0.05) is 6.20 Å². The summed E-state index contributed by atoms with van der Waals surface area (Å²) >= 11 is 1.31. The fourth-order valence-corrected chi connectivity index (χ4v) is 2.59. The number of carbonyl (C=O) groups excluding carboxylic acids is 1. The van der Waals surface area contributed by atoms with Crippen molar-refractivity contribution in [3.8, 4) is 6.07 Å². The van der Waals surface area contributed by atoms with Gasteiger partial charge in [-0.25, -0.2) is 14.8 Å². The molecule has 0 aliphatic carbocycles. The molecule has 3 rings (SSSR count). The molecule has 0 aliphatic rings. The third kappa shape index (κ3) is 2.82. The summed E-state index contributed by atoms with van der Waals surface area (Å²) in [5, 5.41) is 13.2. The molecule has 0 saturated carbocycles. The number of thiazole rings is 1. The van der Waals surface area contributed by atoms with Gasteiger partial charge in [-0.15, -0.1) is 11.3 Å². The average molecular weight is 308 g/mol. The number of oxime groups is 1. The fourth-order valence-electron chi connectivity index (χ4n) is 1.70. The zero-order valence-corrected chi connectivity index (χ0v) is 11.9. The first-order valence-electron chi connectivity index (χ1n) is 6.24. The molecule has 6 nitrogen and oxygen atoms in total. The second kappa shape index (κ2) is 6.11. The standard InChI is InChI=1S/C15H8N4O2S/c16-9-12(14-18-10-5-1-2-7-13(10)22-14)19-21-15(20)11-6-3-4-8-17-11/h1-8H. The van der Waals surface area contributed by atoms with Gasteiger partial charge in [-0.2, -0.15) is 5.26 Å². The van der Waals surface area contributed by atoms with Gasteiger partial charge in [0.25, 0.3) is 0 Å². The maximum atomic E-state index is 11.8. The molecule has 0 radical (unpaired) electrons. The van der Waals surface area contributed by atoms with Crippen molar-refractivity contribution in [1.29, 1.82) is 5.26 Å². The first-order chi connectivity index (χ1) is 10.8. The molecule has 2 heterocycles. The van der Waals surface area contributed by atoms with Crippen LogP contribution in [0.2, 0.25) is 0 Å². The first-order valence-corrected chi connectivity index (χ1v) is 7.06. The molecule has 0 fully saturated rings. The minimum Gasteiger partial charge on any atom is -0.310 e. The van der Waals surface area contributed by atoms with E-state index in [1.807, 2.05) is 30.3 Å². The van der Waals surface area contributed by atoms with Gasteiger partial charge in [0.05, 0.1) is 10.2 Å². The van der Waals surface area contributed by atoms with E-state index < -0.39 is 5.97 Å². The Kier molecular flexibility index (Phi) is 3.85. The summed E-state index contributed by atoms with van der Waals surface area (Å²) < 4.78 is 0.927. The van der Waals surface area contributed by atoms with E-state index >= 15 is 0 Å². The first kappa shape index (κ1) is 13.9. The Hall–Kier alpha value is -3.11. The molecule has 0 spiro atoms. The Balaban J connectivity index is 1.85. The highest BCUT2D eigenvalue weighted by Gasteiger charge is 2.13. The van der Waals surface area contributed by atoms with Crippen LogP contribution in [0.5, 0.6) is 0 Å². The van der Waals surface area contributed by atoms with Crippen LogP contribution in [-0.2, 0) is 4.84 Å². The predicted octanol–water partition coefficient (Wildman–Crippen LogP) is 2.78. The van der Waals surface area contributed by atoms with E-state index in [-0.39, 0.29) is 11.4 Å². The Morgan fingerprint density at radius 1 is 1.23 bits per heavy atom. The smallest absolute Gasteiger partial charge is 0.310 e. The van der Waals surface area contributed by atoms with E-state index in [0.29, 0.717) is 5.01 Å². The average Bonchev–Trinajstić information content (AvgIpc) is 3.00. The summed E-state index contributed by atoms with van der Waals surface area (Å²) in [7, 11) is 0. The van der Waals surface area contributed by atoms with Crippen LogP contribution in [0.4, 0.5) is 0 Å². The lowest BCUT2D eigenvalue weighted by molar-refractivity contribution is 0.0510. The van der Waals surface area contributed by atoms with Crippen molar-refractivity contribution in [2.45, 2.75) is 0 Å². The van der Waals surface area contributed by atoms with Crippen LogP contribution >= 0.6 is 11.3 Å². The topological polar surface area (TPSA) is 88.2 Å². The summed E-state index contributed by atoms with van der Waals surface area (Å²) in [6.07, 6.45) is 1.47. The van der Waals surface area contributed by atoms with Crippen molar-refractivity contribution in [3.63, 3.8) is 0 Å². The normalized spacial score (nSPS) is 11.1. The minimum absolute atomic E-state index is 0.0505. The zero-order valence-electron chi connectivity index (χ0n) is 11.1. The van der Waals surface area contributed by atoms with Gasteiger partial charge in [-0.3, -0.25) is 0 Å². The van der Waals surface area contributed by atoms with E-state index in [0.717, 1.165) is 10.2 Å². The number of hydrogen-bond donors (Lipinski definition) is 0. The maximum Gasteiger partial charge on any atom is 0.383 e. The Bertz CT molecular complexity index is 864. The number of pyridine rings is 1. The van der Waals surface area contributed by atoms with Crippen LogP contribution < -0.4 is 0 Å². The van der Waals surface area contributed by atoms with Gasteiger partial charge in [0.1, 0.15) is 6.07 Å². The quantitative estimate of drug-likeness (QED) is 0.422. The molecule has 0 bridgehead atoms. The number of nitriles is 1. The van der Waals surface area contributed by atoms with E-state index in [1.54, 1.807) is 12.1 Å². The van der Waals surface area contributed by atoms with Crippen LogP contribution in [0, 0.1) is 11.3 Å². The molecule has 106 valence electrons. The highest BCUT2D eigenvalue weighted by molar-refractivity contribution is 7.20. The van der Waals surface area contributed by atoms with Gasteiger partial charge >= 0.3 is 5.97 Å². The number of carbonyl (C=O) groups is 1. The summed E-state index contributed by atoms with van der Waals surface area (Å²) in [5.41, 5.74) is 0.833. The lowest BCUT2D eigenvalue weighted by atomic mass is 10.3. The van der Waals surface area contributed by atoms with Crippen LogP contribution in [0.3, 0.4) is 0 Å². The molecule has 0 saturated heterocycles. The lowest BCUT2D eigenvalue weighted by Gasteiger charge is -1.96. The van der Waals surface area contributed by atoms with E-state index in [4.69, 9.17) is 10.1 Å². The summed E-state index contributed by atoms with van der Waals surface area (Å²) in [5.74, 6) is -0.727. The second-order valence-electron chi connectivity index (χ2n) is 4.13. The van der Waals surface area contributed by atoms with Crippen LogP contribution in [0.25, 0.3) is 10.2 Å². The van der Waals surface area contributed by atoms with Gasteiger partial charge in [-0.05, 0) is 24.3 Å². The van der Waals surface area contributed by atoms with Gasteiger partial charge in [0.15, 0.2) is 10.7 Å². The van der Waals surface area contributed by atoms with Crippen LogP contribution in [0.15, 0.2) is 53.8 Å². The molecule has 2 aromatic heterocycles. The SMILES string of the molecule is N#CC(=NOC(=O)c1ccccn1)c1nc2ccccc2s1. The largest absolute Gasteiger partial charge is 0.383 e. The Labute approximate surface area is 129 Å². The van der Waals surface area contributed by atoms with E-state index in [9.17, 15) is 4.79 Å². The number of nitrogens with zero attached hydrogens (tertiary/aromatic N) is 4. The van der Waals surface area contributed by atoms with E-state index in [1.165, 1.54) is 23.6 Å². The number of hydrogen-bond acceptors (Lipinski definition) is 7.